The third-order valence-electron chi connectivity index (χ3n) is 5.14. The number of aromatic nitrogens is 1. The lowest BCUT2D eigenvalue weighted by Crippen LogP contribution is -2.54. The summed E-state index contributed by atoms with van der Waals surface area (Å²) in [4.78, 5) is 38.3. The maximum absolute atomic E-state index is 13.2. The number of carboxylic acids is 1. The van der Waals surface area contributed by atoms with Crippen LogP contribution in [-0.2, 0) is 16.0 Å². The number of nitrogens with zero attached hydrogens (tertiary/aromatic N) is 2. The van der Waals surface area contributed by atoms with Crippen molar-refractivity contribution in [3.63, 3.8) is 0 Å². The second kappa shape index (κ2) is 8.60. The summed E-state index contributed by atoms with van der Waals surface area (Å²) in [5.74, 6) is -2.43. The Labute approximate surface area is 189 Å². The Morgan fingerprint density at radius 1 is 1.06 bits per heavy atom. The van der Waals surface area contributed by atoms with Crippen molar-refractivity contribution in [3.8, 4) is 5.69 Å². The van der Waals surface area contributed by atoms with E-state index in [9.17, 15) is 19.5 Å². The fourth-order valence-corrected chi connectivity index (χ4v) is 3.73. The number of thiocarbonyl (C=S) groups is 1. The molecule has 1 fully saturated rings. The minimum Gasteiger partial charge on any atom is -0.545 e. The van der Waals surface area contributed by atoms with Crippen LogP contribution in [0, 0.1) is 0 Å². The van der Waals surface area contributed by atoms with Crippen LogP contribution < -0.4 is 15.3 Å². The average Bonchev–Trinajstić information content (AvgIpc) is 3.25. The molecule has 0 spiro atoms. The molecule has 8 heteroatoms. The Balaban J connectivity index is 1.72. The highest BCUT2D eigenvalue weighted by atomic mass is 32.1. The molecule has 1 aliphatic heterocycles. The number of amides is 2. The lowest BCUT2D eigenvalue weighted by atomic mass is 10.1. The van der Waals surface area contributed by atoms with Gasteiger partial charge in [0.15, 0.2) is 5.11 Å². The van der Waals surface area contributed by atoms with Gasteiger partial charge in [-0.3, -0.25) is 19.8 Å². The van der Waals surface area contributed by atoms with E-state index in [0.29, 0.717) is 17.1 Å². The molecule has 32 heavy (non-hydrogen) atoms. The van der Waals surface area contributed by atoms with E-state index in [2.05, 4.69) is 5.32 Å². The molecule has 4 rings (SSSR count). The van der Waals surface area contributed by atoms with Gasteiger partial charge in [0.1, 0.15) is 5.57 Å². The number of anilines is 1. The zero-order chi connectivity index (χ0) is 22.8. The van der Waals surface area contributed by atoms with Crippen LogP contribution >= 0.6 is 12.2 Å². The molecule has 2 heterocycles. The van der Waals surface area contributed by atoms with Crippen LogP contribution in [0.15, 0.2) is 72.4 Å². The van der Waals surface area contributed by atoms with Crippen molar-refractivity contribution in [2.45, 2.75) is 13.3 Å². The Bertz CT molecular complexity index is 1270. The van der Waals surface area contributed by atoms with Gasteiger partial charge in [0.25, 0.3) is 11.8 Å². The van der Waals surface area contributed by atoms with Crippen molar-refractivity contribution >= 4 is 46.9 Å². The largest absolute Gasteiger partial charge is 0.545 e. The number of benzene rings is 2. The second-order valence-corrected chi connectivity index (χ2v) is 7.51. The minimum absolute atomic E-state index is 0.0124. The average molecular weight is 444 g/mol. The van der Waals surface area contributed by atoms with Crippen molar-refractivity contribution in [2.24, 2.45) is 0 Å². The lowest BCUT2D eigenvalue weighted by Gasteiger charge is -2.29. The molecule has 0 aliphatic carbocycles. The van der Waals surface area contributed by atoms with Gasteiger partial charge in [0.2, 0.25) is 0 Å². The summed E-state index contributed by atoms with van der Waals surface area (Å²) < 4.78 is 1.67. The molecular formula is C24H18N3O4S-. The van der Waals surface area contributed by atoms with E-state index in [-0.39, 0.29) is 16.2 Å². The van der Waals surface area contributed by atoms with Crippen molar-refractivity contribution in [1.29, 1.82) is 0 Å². The summed E-state index contributed by atoms with van der Waals surface area (Å²) in [6.07, 6.45) is 4.02. The van der Waals surface area contributed by atoms with Gasteiger partial charge < -0.3 is 14.5 Å². The third kappa shape index (κ3) is 3.95. The fourth-order valence-electron chi connectivity index (χ4n) is 3.45. The zero-order valence-corrected chi connectivity index (χ0v) is 17.9. The van der Waals surface area contributed by atoms with Gasteiger partial charge in [-0.05, 0) is 72.2 Å². The predicted molar refractivity (Wildman–Crippen MR) is 122 cm³/mol. The van der Waals surface area contributed by atoms with E-state index in [4.69, 9.17) is 12.2 Å². The molecule has 1 aliphatic rings. The highest BCUT2D eigenvalue weighted by Crippen LogP contribution is 2.24. The first-order valence-electron chi connectivity index (χ1n) is 9.88. The molecule has 0 atom stereocenters. The van der Waals surface area contributed by atoms with Gasteiger partial charge >= 0.3 is 0 Å². The van der Waals surface area contributed by atoms with Crippen LogP contribution in [0.4, 0.5) is 5.69 Å². The van der Waals surface area contributed by atoms with Gasteiger partial charge in [-0.2, -0.15) is 0 Å². The predicted octanol–water partition coefficient (Wildman–Crippen LogP) is 2.23. The van der Waals surface area contributed by atoms with Crippen molar-refractivity contribution in [1.82, 2.24) is 9.88 Å². The first-order valence-corrected chi connectivity index (χ1v) is 10.3. The van der Waals surface area contributed by atoms with Crippen LogP contribution in [0.1, 0.15) is 28.5 Å². The molecule has 1 saturated heterocycles. The Morgan fingerprint density at radius 3 is 2.50 bits per heavy atom. The second-order valence-electron chi connectivity index (χ2n) is 7.12. The Kier molecular flexibility index (Phi) is 5.70. The van der Waals surface area contributed by atoms with Crippen LogP contribution in [-0.4, -0.2) is 27.5 Å². The smallest absolute Gasteiger partial charge is 0.270 e. The molecule has 3 aromatic rings. The molecule has 2 amide bonds. The first-order chi connectivity index (χ1) is 15.4. The Hall–Kier alpha value is -4.04. The maximum Gasteiger partial charge on any atom is 0.270 e. The van der Waals surface area contributed by atoms with Crippen LogP contribution in [0.2, 0.25) is 0 Å². The van der Waals surface area contributed by atoms with Gasteiger partial charge in [-0.25, -0.2) is 0 Å². The van der Waals surface area contributed by atoms with E-state index < -0.39 is 17.8 Å². The van der Waals surface area contributed by atoms with E-state index >= 15 is 0 Å². The van der Waals surface area contributed by atoms with Crippen molar-refractivity contribution < 1.29 is 19.5 Å². The van der Waals surface area contributed by atoms with Crippen LogP contribution in [0.25, 0.3) is 11.8 Å². The first kappa shape index (κ1) is 21.2. The van der Waals surface area contributed by atoms with Gasteiger partial charge in [0.05, 0.1) is 11.7 Å². The number of aryl methyl sites for hydroxylation is 1. The molecule has 7 nitrogen and oxygen atoms in total. The number of carboxylic acid groups (broad SMARTS) is 1. The summed E-state index contributed by atoms with van der Waals surface area (Å²) in [7, 11) is 0. The van der Waals surface area contributed by atoms with Crippen molar-refractivity contribution in [2.75, 3.05) is 4.90 Å². The molecule has 160 valence electrons. The highest BCUT2D eigenvalue weighted by Gasteiger charge is 2.34. The maximum atomic E-state index is 13.2. The number of aromatic carboxylic acids is 1. The van der Waals surface area contributed by atoms with E-state index in [1.807, 2.05) is 19.1 Å². The summed E-state index contributed by atoms with van der Waals surface area (Å²) in [6.45, 7) is 2.03. The quantitative estimate of drug-likeness (QED) is 0.370. The number of rotatable bonds is 5. The number of hydrogen-bond donors (Lipinski definition) is 1. The highest BCUT2D eigenvalue weighted by molar-refractivity contribution is 7.80. The van der Waals surface area contributed by atoms with Gasteiger partial charge in [0, 0.05) is 17.6 Å². The standard InChI is InChI=1S/C24H19N3O4S/c1-2-15-8-10-17(11-9-15)27-22(29)20(21(28)25-24(27)32)14-19-7-4-12-26(19)18-6-3-5-16(13-18)23(30)31/h3-14H,2H2,1H3,(H,30,31)(H,25,28,32)/p-1/b20-14-. The zero-order valence-electron chi connectivity index (χ0n) is 17.1. The van der Waals surface area contributed by atoms with E-state index in [1.165, 1.54) is 23.1 Å². The summed E-state index contributed by atoms with van der Waals surface area (Å²) in [5, 5.41) is 13.8. The molecule has 0 unspecified atom stereocenters. The van der Waals surface area contributed by atoms with E-state index in [1.54, 1.807) is 47.2 Å². The third-order valence-corrected chi connectivity index (χ3v) is 5.42. The number of hydrogen-bond acceptors (Lipinski definition) is 5. The minimum atomic E-state index is -1.29. The van der Waals surface area contributed by atoms with Crippen LogP contribution in [0.5, 0.6) is 0 Å². The normalized spacial score (nSPS) is 15.2. The van der Waals surface area contributed by atoms with Crippen molar-refractivity contribution in [3.05, 3.63) is 89.3 Å². The summed E-state index contributed by atoms with van der Waals surface area (Å²) >= 11 is 5.25. The van der Waals surface area contributed by atoms with Crippen LogP contribution in [0.3, 0.4) is 0 Å². The van der Waals surface area contributed by atoms with Gasteiger partial charge in [-0.1, -0.05) is 31.2 Å². The SMILES string of the molecule is CCc1ccc(N2C(=O)/C(=C\c3cccn3-c3cccc(C(=O)[O-])c3)C(=O)NC2=S)cc1. The fraction of sp³-hybridized carbons (Fsp3) is 0.0833. The molecule has 1 N–H and O–H groups in total. The van der Waals surface area contributed by atoms with Gasteiger partial charge in [-0.15, -0.1) is 0 Å². The topological polar surface area (TPSA) is 94.5 Å². The molecule has 1 aromatic heterocycles. The number of nitrogens with one attached hydrogen (secondary N) is 1. The molecule has 0 radical (unpaired) electrons. The molecule has 0 saturated carbocycles. The number of carbonyl (C=O) groups is 3. The monoisotopic (exact) mass is 444 g/mol. The summed E-state index contributed by atoms with van der Waals surface area (Å²) in [6, 6.07) is 17.0. The molecule has 2 aromatic carbocycles. The molecular weight excluding hydrogens is 426 g/mol. The van der Waals surface area contributed by atoms with E-state index in [0.717, 1.165) is 12.0 Å². The Morgan fingerprint density at radius 2 is 1.81 bits per heavy atom. The lowest BCUT2D eigenvalue weighted by molar-refractivity contribution is -0.255. The molecule has 0 bridgehead atoms. The summed E-state index contributed by atoms with van der Waals surface area (Å²) in [5.41, 5.74) is 2.67. The number of carbonyl (C=O) groups excluding carboxylic acids is 3.